The Morgan fingerprint density at radius 3 is 2.80 bits per heavy atom. The third-order valence-electron chi connectivity index (χ3n) is 1.72. The molecule has 0 aromatic carbocycles. The summed E-state index contributed by atoms with van der Waals surface area (Å²) >= 11 is 0. The number of aromatic nitrogens is 4. The zero-order valence-electron chi connectivity index (χ0n) is 8.34. The molecule has 6 nitrogen and oxygen atoms in total. The summed E-state index contributed by atoms with van der Waals surface area (Å²) in [5.74, 6) is 0.861. The van der Waals surface area contributed by atoms with Gasteiger partial charge in [-0.25, -0.2) is 9.97 Å². The predicted octanol–water partition coefficient (Wildman–Crippen LogP) is 1.35. The van der Waals surface area contributed by atoms with Gasteiger partial charge in [-0.05, 0) is 12.5 Å². The Bertz CT molecular complexity index is 413. The smallest absolute Gasteiger partial charge is 0.321 e. The van der Waals surface area contributed by atoms with E-state index in [1.165, 1.54) is 0 Å². The molecule has 6 heteroatoms. The normalized spacial score (nSPS) is 10.2. The second-order valence-electron chi connectivity index (χ2n) is 2.92. The minimum absolute atomic E-state index is 0.397. The molecule has 0 fully saturated rings. The molecule has 0 atom stereocenters. The molecule has 0 aliphatic heterocycles. The van der Waals surface area contributed by atoms with Crippen LogP contribution in [-0.2, 0) is 0 Å². The molecule has 0 amide bonds. The van der Waals surface area contributed by atoms with Crippen molar-refractivity contribution in [2.24, 2.45) is 0 Å². The first-order valence-electron chi connectivity index (χ1n) is 4.75. The summed E-state index contributed by atoms with van der Waals surface area (Å²) in [6.07, 6.45) is 4.27. The third kappa shape index (κ3) is 2.28. The van der Waals surface area contributed by atoms with E-state index in [0.717, 1.165) is 13.0 Å². The Morgan fingerprint density at radius 2 is 2.07 bits per heavy atom. The molecule has 1 N–H and O–H groups in total. The maximum atomic E-state index is 4.97. The summed E-state index contributed by atoms with van der Waals surface area (Å²) in [6.45, 7) is 2.86. The number of rotatable bonds is 4. The number of nitrogens with zero attached hydrogens (tertiary/aromatic N) is 4. The summed E-state index contributed by atoms with van der Waals surface area (Å²) in [5, 5.41) is 6.75. The van der Waals surface area contributed by atoms with Crippen LogP contribution >= 0.6 is 0 Å². The van der Waals surface area contributed by atoms with E-state index in [2.05, 4.69) is 32.3 Å². The molecule has 2 aromatic rings. The van der Waals surface area contributed by atoms with Gasteiger partial charge in [0.2, 0.25) is 11.6 Å². The average Bonchev–Trinajstić information content (AvgIpc) is 2.76. The molecular weight excluding hydrogens is 194 g/mol. The Labute approximate surface area is 86.8 Å². The van der Waals surface area contributed by atoms with Crippen molar-refractivity contribution in [2.45, 2.75) is 13.3 Å². The minimum atomic E-state index is 0.397. The van der Waals surface area contributed by atoms with Crippen LogP contribution in [0.25, 0.3) is 11.6 Å². The van der Waals surface area contributed by atoms with Crippen LogP contribution in [-0.4, -0.2) is 26.7 Å². The molecule has 2 aromatic heterocycles. The van der Waals surface area contributed by atoms with Crippen LogP contribution in [0.2, 0.25) is 0 Å². The van der Waals surface area contributed by atoms with Gasteiger partial charge in [0.05, 0.1) is 0 Å². The van der Waals surface area contributed by atoms with Gasteiger partial charge in [-0.1, -0.05) is 12.1 Å². The molecule has 0 bridgehead atoms. The maximum absolute atomic E-state index is 4.97. The second kappa shape index (κ2) is 4.50. The molecule has 0 radical (unpaired) electrons. The summed E-state index contributed by atoms with van der Waals surface area (Å²) in [4.78, 5) is 12.1. The van der Waals surface area contributed by atoms with Gasteiger partial charge >= 0.3 is 6.01 Å². The number of anilines is 1. The Morgan fingerprint density at radius 1 is 1.27 bits per heavy atom. The van der Waals surface area contributed by atoms with Crippen LogP contribution < -0.4 is 5.32 Å². The standard InChI is InChI=1S/C9H11N5O/c1-2-4-12-9-13-8(14-15-9)7-10-5-3-6-11-7/h3,5-6H,2,4H2,1H3,(H,12,13,14). The van der Waals surface area contributed by atoms with Crippen LogP contribution in [0.5, 0.6) is 0 Å². The van der Waals surface area contributed by atoms with Crippen molar-refractivity contribution in [3.05, 3.63) is 18.5 Å². The first-order valence-corrected chi connectivity index (χ1v) is 4.75. The number of nitrogens with one attached hydrogen (secondary N) is 1. The average molecular weight is 205 g/mol. The van der Waals surface area contributed by atoms with Crippen LogP contribution in [0.4, 0.5) is 6.01 Å². The van der Waals surface area contributed by atoms with E-state index >= 15 is 0 Å². The molecule has 0 aliphatic rings. The van der Waals surface area contributed by atoms with Gasteiger partial charge in [-0.2, -0.15) is 4.98 Å². The first kappa shape index (κ1) is 9.57. The summed E-state index contributed by atoms with van der Waals surface area (Å²) in [6, 6.07) is 2.14. The summed E-state index contributed by atoms with van der Waals surface area (Å²) in [7, 11) is 0. The van der Waals surface area contributed by atoms with E-state index in [0.29, 0.717) is 17.7 Å². The molecule has 78 valence electrons. The topological polar surface area (TPSA) is 76.7 Å². The first-order chi connectivity index (χ1) is 7.40. The van der Waals surface area contributed by atoms with Crippen molar-refractivity contribution >= 4 is 6.01 Å². The highest BCUT2D eigenvalue weighted by atomic mass is 16.5. The van der Waals surface area contributed by atoms with Gasteiger partial charge in [0.25, 0.3) is 0 Å². The van der Waals surface area contributed by atoms with Gasteiger partial charge < -0.3 is 9.84 Å². The lowest BCUT2D eigenvalue weighted by Gasteiger charge is -1.93. The molecule has 2 rings (SSSR count). The highest BCUT2D eigenvalue weighted by Crippen LogP contribution is 2.11. The quantitative estimate of drug-likeness (QED) is 0.811. The highest BCUT2D eigenvalue weighted by molar-refractivity contribution is 5.43. The van der Waals surface area contributed by atoms with E-state index in [4.69, 9.17) is 4.52 Å². The van der Waals surface area contributed by atoms with Crippen molar-refractivity contribution in [1.82, 2.24) is 20.1 Å². The minimum Gasteiger partial charge on any atom is -0.338 e. The van der Waals surface area contributed by atoms with Crippen molar-refractivity contribution < 1.29 is 4.52 Å². The van der Waals surface area contributed by atoms with E-state index in [9.17, 15) is 0 Å². The Balaban J connectivity index is 2.14. The molecule has 2 heterocycles. The third-order valence-corrected chi connectivity index (χ3v) is 1.72. The van der Waals surface area contributed by atoms with Crippen molar-refractivity contribution in [2.75, 3.05) is 11.9 Å². The fourth-order valence-electron chi connectivity index (χ4n) is 1.03. The van der Waals surface area contributed by atoms with E-state index in [-0.39, 0.29) is 0 Å². The SMILES string of the molecule is CCCNc1nc(-c2ncccn2)no1. The molecule has 0 saturated carbocycles. The monoisotopic (exact) mass is 205 g/mol. The molecule has 15 heavy (non-hydrogen) atoms. The molecule has 0 spiro atoms. The molecule has 0 aliphatic carbocycles. The van der Waals surface area contributed by atoms with Crippen LogP contribution in [0, 0.1) is 0 Å². The maximum Gasteiger partial charge on any atom is 0.321 e. The zero-order valence-corrected chi connectivity index (χ0v) is 8.34. The van der Waals surface area contributed by atoms with Gasteiger partial charge in [-0.3, -0.25) is 0 Å². The summed E-state index contributed by atoms with van der Waals surface area (Å²) in [5.41, 5.74) is 0. The van der Waals surface area contributed by atoms with Crippen molar-refractivity contribution in [1.29, 1.82) is 0 Å². The van der Waals surface area contributed by atoms with Crippen LogP contribution in [0.1, 0.15) is 13.3 Å². The summed E-state index contributed by atoms with van der Waals surface area (Å²) < 4.78 is 4.97. The van der Waals surface area contributed by atoms with Gasteiger partial charge in [0.15, 0.2) is 0 Å². The lowest BCUT2D eigenvalue weighted by atomic mass is 10.5. The van der Waals surface area contributed by atoms with Gasteiger partial charge in [-0.15, -0.1) is 0 Å². The van der Waals surface area contributed by atoms with Gasteiger partial charge in [0.1, 0.15) is 0 Å². The largest absolute Gasteiger partial charge is 0.338 e. The zero-order chi connectivity index (χ0) is 10.5. The Hall–Kier alpha value is -1.98. The van der Waals surface area contributed by atoms with Crippen molar-refractivity contribution in [3.63, 3.8) is 0 Å². The van der Waals surface area contributed by atoms with E-state index in [1.54, 1.807) is 18.5 Å². The highest BCUT2D eigenvalue weighted by Gasteiger charge is 2.09. The van der Waals surface area contributed by atoms with E-state index < -0.39 is 0 Å². The van der Waals surface area contributed by atoms with Crippen LogP contribution in [0.15, 0.2) is 23.0 Å². The van der Waals surface area contributed by atoms with Crippen LogP contribution in [0.3, 0.4) is 0 Å². The number of hydrogen-bond acceptors (Lipinski definition) is 6. The fourth-order valence-corrected chi connectivity index (χ4v) is 1.03. The predicted molar refractivity (Wildman–Crippen MR) is 54.1 cm³/mol. The number of hydrogen-bond donors (Lipinski definition) is 1. The molecular formula is C9H11N5O. The lowest BCUT2D eigenvalue weighted by Crippen LogP contribution is -1.99. The van der Waals surface area contributed by atoms with Gasteiger partial charge in [0, 0.05) is 18.9 Å². The van der Waals surface area contributed by atoms with E-state index in [1.807, 2.05) is 0 Å². The Kier molecular flexibility index (Phi) is 2.87. The fraction of sp³-hybridized carbons (Fsp3) is 0.333. The second-order valence-corrected chi connectivity index (χ2v) is 2.92. The van der Waals surface area contributed by atoms with Crippen molar-refractivity contribution in [3.8, 4) is 11.6 Å². The molecule has 0 saturated heterocycles. The lowest BCUT2D eigenvalue weighted by molar-refractivity contribution is 0.431. The molecule has 0 unspecified atom stereocenters.